The van der Waals surface area contributed by atoms with Gasteiger partial charge < -0.3 is 4.90 Å². The standard InChI is InChI=1S/C14H18ClN3O3/c1-9(2)10-4-7-17(8-5-10)14(19)11-3-6-16-13(15)12(11)18(20)21/h3,6,9-10H,4-5,7-8H2,1-2H3. The van der Waals surface area contributed by atoms with Gasteiger partial charge in [-0.2, -0.15) is 0 Å². The predicted molar refractivity (Wildman–Crippen MR) is 79.4 cm³/mol. The molecule has 2 rings (SSSR count). The average Bonchev–Trinajstić information content (AvgIpc) is 2.46. The van der Waals surface area contributed by atoms with Crippen molar-refractivity contribution in [2.24, 2.45) is 11.8 Å². The van der Waals surface area contributed by atoms with Gasteiger partial charge in [-0.25, -0.2) is 4.98 Å². The fourth-order valence-corrected chi connectivity index (χ4v) is 2.94. The van der Waals surface area contributed by atoms with Crippen LogP contribution in [-0.4, -0.2) is 33.8 Å². The van der Waals surface area contributed by atoms with E-state index in [4.69, 9.17) is 11.6 Å². The number of halogens is 1. The Morgan fingerprint density at radius 1 is 1.48 bits per heavy atom. The molecule has 0 spiro atoms. The molecule has 0 aliphatic carbocycles. The highest BCUT2D eigenvalue weighted by Crippen LogP contribution is 2.29. The van der Waals surface area contributed by atoms with E-state index < -0.39 is 10.6 Å². The summed E-state index contributed by atoms with van der Waals surface area (Å²) in [5, 5.41) is 10.8. The normalized spacial score (nSPS) is 16.3. The highest BCUT2D eigenvalue weighted by Gasteiger charge is 2.31. The molecule has 0 N–H and O–H groups in total. The highest BCUT2D eigenvalue weighted by molar-refractivity contribution is 6.32. The van der Waals surface area contributed by atoms with Crippen molar-refractivity contribution in [3.63, 3.8) is 0 Å². The SMILES string of the molecule is CC(C)C1CCN(C(=O)c2ccnc(Cl)c2[N+](=O)[O-])CC1. The molecule has 2 heterocycles. The summed E-state index contributed by atoms with van der Waals surface area (Å²) >= 11 is 5.75. The third-order valence-corrected chi connectivity index (χ3v) is 4.34. The van der Waals surface area contributed by atoms with E-state index in [1.807, 2.05) is 0 Å². The number of hydrogen-bond donors (Lipinski definition) is 0. The number of pyridine rings is 1. The van der Waals surface area contributed by atoms with Crippen molar-refractivity contribution >= 4 is 23.2 Å². The first-order valence-corrected chi connectivity index (χ1v) is 7.37. The van der Waals surface area contributed by atoms with Crippen LogP contribution in [0, 0.1) is 22.0 Å². The van der Waals surface area contributed by atoms with Gasteiger partial charge in [-0.05, 0) is 30.7 Å². The summed E-state index contributed by atoms with van der Waals surface area (Å²) in [6.07, 6.45) is 3.18. The van der Waals surface area contributed by atoms with Gasteiger partial charge in [0.25, 0.3) is 5.91 Å². The van der Waals surface area contributed by atoms with Gasteiger partial charge in [0.15, 0.2) is 0 Å². The second kappa shape index (κ2) is 6.39. The summed E-state index contributed by atoms with van der Waals surface area (Å²) in [4.78, 5) is 28.3. The molecule has 1 amide bonds. The lowest BCUT2D eigenvalue weighted by Gasteiger charge is -2.33. The Balaban J connectivity index is 2.19. The minimum atomic E-state index is -0.649. The van der Waals surface area contributed by atoms with Crippen LogP contribution in [0.3, 0.4) is 0 Å². The molecule has 0 saturated carbocycles. The van der Waals surface area contributed by atoms with Crippen LogP contribution in [0.2, 0.25) is 5.15 Å². The Morgan fingerprint density at radius 2 is 2.10 bits per heavy atom. The first kappa shape index (κ1) is 15.7. The van der Waals surface area contributed by atoms with Gasteiger partial charge in [-0.3, -0.25) is 14.9 Å². The molecule has 0 unspecified atom stereocenters. The number of nitrogens with zero attached hydrogens (tertiary/aromatic N) is 3. The Kier molecular flexibility index (Phi) is 4.77. The maximum absolute atomic E-state index is 12.5. The predicted octanol–water partition coefficient (Wildman–Crippen LogP) is 3.15. The number of carbonyl (C=O) groups is 1. The topological polar surface area (TPSA) is 76.3 Å². The van der Waals surface area contributed by atoms with Gasteiger partial charge in [-0.15, -0.1) is 0 Å². The Hall–Kier alpha value is -1.69. The van der Waals surface area contributed by atoms with Crippen molar-refractivity contribution in [1.29, 1.82) is 0 Å². The molecule has 0 aromatic carbocycles. The van der Waals surface area contributed by atoms with Crippen LogP contribution < -0.4 is 0 Å². The summed E-state index contributed by atoms with van der Waals surface area (Å²) in [7, 11) is 0. The summed E-state index contributed by atoms with van der Waals surface area (Å²) in [6, 6.07) is 1.36. The molecular formula is C14H18ClN3O3. The second-order valence-corrected chi connectivity index (χ2v) is 5.99. The number of piperidine rings is 1. The lowest BCUT2D eigenvalue weighted by atomic mass is 9.86. The number of rotatable bonds is 3. The number of aromatic nitrogens is 1. The minimum Gasteiger partial charge on any atom is -0.338 e. The summed E-state index contributed by atoms with van der Waals surface area (Å²) in [5.74, 6) is 0.852. The fraction of sp³-hybridized carbons (Fsp3) is 0.571. The van der Waals surface area contributed by atoms with E-state index in [0.29, 0.717) is 24.9 Å². The molecule has 1 aromatic rings. The number of carbonyl (C=O) groups excluding carboxylic acids is 1. The van der Waals surface area contributed by atoms with E-state index in [2.05, 4.69) is 18.8 Å². The van der Waals surface area contributed by atoms with Crippen LogP contribution in [0.5, 0.6) is 0 Å². The monoisotopic (exact) mass is 311 g/mol. The Morgan fingerprint density at radius 3 is 2.62 bits per heavy atom. The van der Waals surface area contributed by atoms with Crippen molar-refractivity contribution in [3.05, 3.63) is 33.1 Å². The fourth-order valence-electron chi connectivity index (χ4n) is 2.71. The van der Waals surface area contributed by atoms with E-state index in [1.165, 1.54) is 12.3 Å². The van der Waals surface area contributed by atoms with E-state index in [1.54, 1.807) is 4.90 Å². The maximum atomic E-state index is 12.5. The van der Waals surface area contributed by atoms with Gasteiger partial charge in [0.2, 0.25) is 5.15 Å². The molecule has 21 heavy (non-hydrogen) atoms. The molecular weight excluding hydrogens is 294 g/mol. The first-order valence-electron chi connectivity index (χ1n) is 7.00. The van der Waals surface area contributed by atoms with E-state index >= 15 is 0 Å². The molecule has 0 radical (unpaired) electrons. The van der Waals surface area contributed by atoms with Gasteiger partial charge in [0.05, 0.1) is 4.92 Å². The molecule has 7 heteroatoms. The second-order valence-electron chi connectivity index (χ2n) is 5.63. The lowest BCUT2D eigenvalue weighted by molar-refractivity contribution is -0.385. The zero-order valence-electron chi connectivity index (χ0n) is 12.1. The lowest BCUT2D eigenvalue weighted by Crippen LogP contribution is -2.39. The van der Waals surface area contributed by atoms with Gasteiger partial charge in [-0.1, -0.05) is 25.4 Å². The van der Waals surface area contributed by atoms with Crippen LogP contribution in [0.15, 0.2) is 12.3 Å². The molecule has 1 aliphatic rings. The number of hydrogen-bond acceptors (Lipinski definition) is 4. The zero-order valence-corrected chi connectivity index (χ0v) is 12.8. The average molecular weight is 312 g/mol. The molecule has 1 saturated heterocycles. The van der Waals surface area contributed by atoms with Crippen LogP contribution >= 0.6 is 11.6 Å². The molecule has 1 fully saturated rings. The smallest absolute Gasteiger partial charge is 0.319 e. The van der Waals surface area contributed by atoms with Crippen LogP contribution in [0.25, 0.3) is 0 Å². The molecule has 1 aromatic heterocycles. The third kappa shape index (κ3) is 3.32. The van der Waals surface area contributed by atoms with E-state index in [0.717, 1.165) is 12.8 Å². The van der Waals surface area contributed by atoms with Gasteiger partial charge in [0, 0.05) is 19.3 Å². The molecule has 114 valence electrons. The largest absolute Gasteiger partial charge is 0.338 e. The maximum Gasteiger partial charge on any atom is 0.319 e. The molecule has 0 atom stereocenters. The Bertz CT molecular complexity index is 554. The van der Waals surface area contributed by atoms with Crippen LogP contribution in [0.1, 0.15) is 37.0 Å². The quantitative estimate of drug-likeness (QED) is 0.488. The van der Waals surface area contributed by atoms with Crippen molar-refractivity contribution in [2.75, 3.05) is 13.1 Å². The van der Waals surface area contributed by atoms with Crippen molar-refractivity contribution in [3.8, 4) is 0 Å². The molecule has 1 aliphatic heterocycles. The number of amides is 1. The van der Waals surface area contributed by atoms with Crippen LogP contribution in [-0.2, 0) is 0 Å². The van der Waals surface area contributed by atoms with Crippen molar-refractivity contribution in [1.82, 2.24) is 9.88 Å². The summed E-state index contributed by atoms with van der Waals surface area (Å²) in [6.45, 7) is 5.60. The first-order chi connectivity index (χ1) is 9.91. The number of likely N-dealkylation sites (tertiary alicyclic amines) is 1. The van der Waals surface area contributed by atoms with Crippen molar-refractivity contribution < 1.29 is 9.72 Å². The van der Waals surface area contributed by atoms with Crippen molar-refractivity contribution in [2.45, 2.75) is 26.7 Å². The number of nitro groups is 1. The Labute approximate surface area is 128 Å². The van der Waals surface area contributed by atoms with Gasteiger partial charge >= 0.3 is 5.69 Å². The summed E-state index contributed by atoms with van der Waals surface area (Å²) in [5.41, 5.74) is -0.391. The van der Waals surface area contributed by atoms with E-state index in [9.17, 15) is 14.9 Å². The van der Waals surface area contributed by atoms with Gasteiger partial charge in [0.1, 0.15) is 5.56 Å². The molecule has 0 bridgehead atoms. The highest BCUT2D eigenvalue weighted by atomic mass is 35.5. The third-order valence-electron chi connectivity index (χ3n) is 4.06. The minimum absolute atomic E-state index is 0.0167. The van der Waals surface area contributed by atoms with E-state index in [-0.39, 0.29) is 16.6 Å². The summed E-state index contributed by atoms with van der Waals surface area (Å²) < 4.78 is 0. The molecule has 6 nitrogen and oxygen atoms in total. The zero-order chi connectivity index (χ0) is 15.6. The van der Waals surface area contributed by atoms with Crippen LogP contribution in [0.4, 0.5) is 5.69 Å².